The fourth-order valence-electron chi connectivity index (χ4n) is 3.20. The number of nitrogens with zero attached hydrogens (tertiary/aromatic N) is 3. The maximum atomic E-state index is 13.2. The van der Waals surface area contributed by atoms with Crippen LogP contribution in [0.3, 0.4) is 0 Å². The maximum Gasteiger partial charge on any atom is 0.418 e. The SMILES string of the molecule is FC(F)(F)c1ccccc1-n1cc(-c2ccc(N3CCSCC3)cc2)cn1. The average molecular weight is 389 g/mol. The van der Waals surface area contributed by atoms with Crippen LogP contribution < -0.4 is 4.90 Å². The summed E-state index contributed by atoms with van der Waals surface area (Å²) in [5.41, 5.74) is 2.22. The highest BCUT2D eigenvalue weighted by atomic mass is 32.2. The third-order valence-electron chi connectivity index (χ3n) is 4.62. The van der Waals surface area contributed by atoms with Gasteiger partial charge in [0.05, 0.1) is 17.4 Å². The van der Waals surface area contributed by atoms with Crippen molar-refractivity contribution in [3.05, 3.63) is 66.5 Å². The van der Waals surface area contributed by atoms with Crippen molar-refractivity contribution in [2.75, 3.05) is 29.5 Å². The van der Waals surface area contributed by atoms with Crippen molar-refractivity contribution in [3.63, 3.8) is 0 Å². The molecule has 3 aromatic rings. The van der Waals surface area contributed by atoms with Crippen molar-refractivity contribution in [2.24, 2.45) is 0 Å². The van der Waals surface area contributed by atoms with Crippen LogP contribution in [0.5, 0.6) is 0 Å². The summed E-state index contributed by atoms with van der Waals surface area (Å²) in [7, 11) is 0. The number of hydrogen-bond acceptors (Lipinski definition) is 3. The van der Waals surface area contributed by atoms with E-state index in [0.29, 0.717) is 0 Å². The van der Waals surface area contributed by atoms with Gasteiger partial charge in [-0.2, -0.15) is 30.0 Å². The lowest BCUT2D eigenvalue weighted by atomic mass is 10.1. The summed E-state index contributed by atoms with van der Waals surface area (Å²) in [5, 5.41) is 4.15. The Balaban J connectivity index is 1.60. The second-order valence-electron chi connectivity index (χ2n) is 6.33. The van der Waals surface area contributed by atoms with Crippen molar-refractivity contribution >= 4 is 17.4 Å². The molecular weight excluding hydrogens is 371 g/mol. The second-order valence-corrected chi connectivity index (χ2v) is 7.56. The summed E-state index contributed by atoms with van der Waals surface area (Å²) in [6.45, 7) is 2.08. The van der Waals surface area contributed by atoms with Crippen LogP contribution in [0.25, 0.3) is 16.8 Å². The highest BCUT2D eigenvalue weighted by Gasteiger charge is 2.33. The van der Waals surface area contributed by atoms with Crippen molar-refractivity contribution < 1.29 is 13.2 Å². The molecule has 1 aromatic heterocycles. The van der Waals surface area contributed by atoms with Crippen molar-refractivity contribution in [3.8, 4) is 16.8 Å². The molecule has 1 aliphatic rings. The molecule has 2 heterocycles. The average Bonchev–Trinajstić information content (AvgIpc) is 3.18. The molecule has 1 saturated heterocycles. The summed E-state index contributed by atoms with van der Waals surface area (Å²) < 4.78 is 41.0. The molecule has 140 valence electrons. The van der Waals surface area contributed by atoms with E-state index in [9.17, 15) is 13.2 Å². The van der Waals surface area contributed by atoms with E-state index in [-0.39, 0.29) is 5.69 Å². The molecule has 0 saturated carbocycles. The van der Waals surface area contributed by atoms with Crippen LogP contribution >= 0.6 is 11.8 Å². The van der Waals surface area contributed by atoms with Gasteiger partial charge in [-0.15, -0.1) is 0 Å². The molecule has 1 aliphatic heterocycles. The summed E-state index contributed by atoms with van der Waals surface area (Å²) in [6.07, 6.45) is -1.19. The van der Waals surface area contributed by atoms with E-state index in [1.807, 2.05) is 23.9 Å². The predicted molar refractivity (Wildman–Crippen MR) is 104 cm³/mol. The molecule has 27 heavy (non-hydrogen) atoms. The normalized spacial score (nSPS) is 15.1. The predicted octanol–water partition coefficient (Wildman–Crippen LogP) is 5.11. The highest BCUT2D eigenvalue weighted by molar-refractivity contribution is 7.99. The Morgan fingerprint density at radius 3 is 2.30 bits per heavy atom. The zero-order chi connectivity index (χ0) is 18.9. The summed E-state index contributed by atoms with van der Waals surface area (Å²) >= 11 is 1.96. The smallest absolute Gasteiger partial charge is 0.370 e. The lowest BCUT2D eigenvalue weighted by Crippen LogP contribution is -2.32. The number of thioether (sulfide) groups is 1. The molecule has 7 heteroatoms. The first-order valence-electron chi connectivity index (χ1n) is 8.67. The standard InChI is InChI=1S/C20H18F3N3S/c21-20(22,23)18-3-1-2-4-19(18)26-14-16(13-24-26)15-5-7-17(8-6-15)25-9-11-27-12-10-25/h1-8,13-14H,9-12H2. The molecule has 0 spiro atoms. The van der Waals surface area contributed by atoms with Gasteiger partial charge < -0.3 is 4.90 Å². The van der Waals surface area contributed by atoms with E-state index in [1.54, 1.807) is 18.5 Å². The van der Waals surface area contributed by atoms with Gasteiger partial charge in [0.15, 0.2) is 0 Å². The number of aromatic nitrogens is 2. The van der Waals surface area contributed by atoms with Gasteiger partial charge in [-0.25, -0.2) is 4.68 Å². The fourth-order valence-corrected chi connectivity index (χ4v) is 4.11. The molecule has 0 bridgehead atoms. The summed E-state index contributed by atoms with van der Waals surface area (Å²) in [5.74, 6) is 2.26. The molecule has 0 N–H and O–H groups in total. The topological polar surface area (TPSA) is 21.1 Å². The third-order valence-corrected chi connectivity index (χ3v) is 5.56. The molecule has 0 unspecified atom stereocenters. The van der Waals surface area contributed by atoms with Crippen molar-refractivity contribution in [2.45, 2.75) is 6.18 Å². The number of benzene rings is 2. The number of anilines is 1. The first kappa shape index (κ1) is 18.0. The van der Waals surface area contributed by atoms with E-state index in [4.69, 9.17) is 0 Å². The first-order chi connectivity index (χ1) is 13.0. The maximum absolute atomic E-state index is 13.2. The van der Waals surface area contributed by atoms with Gasteiger partial charge in [0.1, 0.15) is 0 Å². The van der Waals surface area contributed by atoms with Crippen LogP contribution in [-0.2, 0) is 6.18 Å². The Kier molecular flexibility index (Phi) is 4.86. The van der Waals surface area contributed by atoms with Gasteiger partial charge in [0.25, 0.3) is 0 Å². The molecular formula is C20H18F3N3S. The largest absolute Gasteiger partial charge is 0.418 e. The van der Waals surface area contributed by atoms with E-state index in [1.165, 1.54) is 22.5 Å². The molecule has 4 rings (SSSR count). The number of halogens is 3. The minimum absolute atomic E-state index is 0.0266. The van der Waals surface area contributed by atoms with Gasteiger partial charge in [0.2, 0.25) is 0 Å². The second kappa shape index (κ2) is 7.31. The minimum atomic E-state index is -4.42. The Morgan fingerprint density at radius 2 is 1.59 bits per heavy atom. The van der Waals surface area contributed by atoms with E-state index in [0.717, 1.165) is 41.8 Å². The number of rotatable bonds is 3. The van der Waals surface area contributed by atoms with E-state index < -0.39 is 11.7 Å². The number of para-hydroxylation sites is 1. The minimum Gasteiger partial charge on any atom is -0.370 e. The van der Waals surface area contributed by atoms with Crippen LogP contribution in [-0.4, -0.2) is 34.4 Å². The quantitative estimate of drug-likeness (QED) is 0.621. The van der Waals surface area contributed by atoms with Gasteiger partial charge >= 0.3 is 6.18 Å². The van der Waals surface area contributed by atoms with Gasteiger partial charge in [-0.05, 0) is 29.8 Å². The Bertz CT molecular complexity index is 913. The van der Waals surface area contributed by atoms with E-state index >= 15 is 0 Å². The van der Waals surface area contributed by atoms with E-state index in [2.05, 4.69) is 22.1 Å². The highest BCUT2D eigenvalue weighted by Crippen LogP contribution is 2.34. The molecule has 0 radical (unpaired) electrons. The zero-order valence-electron chi connectivity index (χ0n) is 14.5. The monoisotopic (exact) mass is 389 g/mol. The first-order valence-corrected chi connectivity index (χ1v) is 9.82. The summed E-state index contributed by atoms with van der Waals surface area (Å²) in [6, 6.07) is 13.6. The van der Waals surface area contributed by atoms with Gasteiger partial charge in [-0.3, -0.25) is 0 Å². The zero-order valence-corrected chi connectivity index (χ0v) is 15.3. The van der Waals surface area contributed by atoms with Crippen molar-refractivity contribution in [1.82, 2.24) is 9.78 Å². The number of alkyl halides is 3. The molecule has 3 nitrogen and oxygen atoms in total. The number of hydrogen-bond donors (Lipinski definition) is 0. The summed E-state index contributed by atoms with van der Waals surface area (Å²) in [4.78, 5) is 2.35. The Hall–Kier alpha value is -2.41. The Labute approximate surface area is 159 Å². The van der Waals surface area contributed by atoms with Crippen LogP contribution in [0.1, 0.15) is 5.56 Å². The molecule has 0 atom stereocenters. The van der Waals surface area contributed by atoms with Crippen LogP contribution in [0.2, 0.25) is 0 Å². The lowest BCUT2D eigenvalue weighted by molar-refractivity contribution is -0.137. The third kappa shape index (κ3) is 3.83. The molecule has 0 amide bonds. The molecule has 2 aromatic carbocycles. The van der Waals surface area contributed by atoms with Gasteiger partial charge in [0, 0.05) is 42.0 Å². The van der Waals surface area contributed by atoms with Crippen LogP contribution in [0.15, 0.2) is 60.9 Å². The Morgan fingerprint density at radius 1 is 0.889 bits per heavy atom. The molecule has 0 aliphatic carbocycles. The lowest BCUT2D eigenvalue weighted by Gasteiger charge is -2.28. The van der Waals surface area contributed by atoms with Crippen LogP contribution in [0, 0.1) is 0 Å². The fraction of sp³-hybridized carbons (Fsp3) is 0.250. The molecule has 1 fully saturated rings. The van der Waals surface area contributed by atoms with Crippen molar-refractivity contribution in [1.29, 1.82) is 0 Å². The van der Waals surface area contributed by atoms with Gasteiger partial charge in [-0.1, -0.05) is 24.3 Å². The van der Waals surface area contributed by atoms with Crippen LogP contribution in [0.4, 0.5) is 18.9 Å².